The van der Waals surface area contributed by atoms with Gasteiger partial charge in [0.15, 0.2) is 0 Å². The maximum atomic E-state index is 11.1. The zero-order valence-electron chi connectivity index (χ0n) is 8.29. The van der Waals surface area contributed by atoms with Gasteiger partial charge in [0.25, 0.3) is 0 Å². The minimum atomic E-state index is -0.325. The number of nitrogens with one attached hydrogen (secondary N) is 1. The molecule has 0 heterocycles. The van der Waals surface area contributed by atoms with E-state index in [9.17, 15) is 9.90 Å². The van der Waals surface area contributed by atoms with Gasteiger partial charge in [0.05, 0.1) is 5.69 Å². The zero-order valence-corrected chi connectivity index (χ0v) is 8.29. The third-order valence-electron chi connectivity index (χ3n) is 2.15. The Morgan fingerprint density at radius 1 is 1.50 bits per heavy atom. The van der Waals surface area contributed by atoms with Crippen LogP contribution in [0.1, 0.15) is 11.1 Å². The summed E-state index contributed by atoms with van der Waals surface area (Å²) in [6, 6.07) is 3.36. The third kappa shape index (κ3) is 1.93. The molecule has 2 N–H and O–H groups in total. The van der Waals surface area contributed by atoms with Gasteiger partial charge in [-0.05, 0) is 37.1 Å². The molecule has 0 unspecified atom stereocenters. The van der Waals surface area contributed by atoms with Gasteiger partial charge in [-0.25, -0.2) is 0 Å². The van der Waals surface area contributed by atoms with Crippen LogP contribution in [0, 0.1) is 13.8 Å². The number of hydrogen-bond acceptors (Lipinski definition) is 2. The SMILES string of the molecule is C=CC(=O)Nc1c(O)ccc(C)c1C. The van der Waals surface area contributed by atoms with Crippen molar-refractivity contribution in [3.8, 4) is 5.75 Å². The van der Waals surface area contributed by atoms with Crippen molar-refractivity contribution in [3.05, 3.63) is 35.9 Å². The van der Waals surface area contributed by atoms with Gasteiger partial charge in [-0.3, -0.25) is 4.79 Å². The molecule has 0 aliphatic heterocycles. The highest BCUT2D eigenvalue weighted by atomic mass is 16.3. The lowest BCUT2D eigenvalue weighted by atomic mass is 10.1. The Morgan fingerprint density at radius 3 is 2.71 bits per heavy atom. The molecule has 3 nitrogen and oxygen atoms in total. The normalized spacial score (nSPS) is 9.57. The Morgan fingerprint density at radius 2 is 2.14 bits per heavy atom. The summed E-state index contributed by atoms with van der Waals surface area (Å²) in [4.78, 5) is 11.1. The van der Waals surface area contributed by atoms with E-state index in [2.05, 4.69) is 11.9 Å². The fraction of sp³-hybridized carbons (Fsp3) is 0.182. The van der Waals surface area contributed by atoms with Gasteiger partial charge in [0, 0.05) is 0 Å². The van der Waals surface area contributed by atoms with E-state index in [4.69, 9.17) is 0 Å². The van der Waals surface area contributed by atoms with Crippen LogP contribution in [0.4, 0.5) is 5.69 Å². The fourth-order valence-electron chi connectivity index (χ4n) is 1.13. The van der Waals surface area contributed by atoms with Gasteiger partial charge >= 0.3 is 0 Å². The summed E-state index contributed by atoms with van der Waals surface area (Å²) in [6.45, 7) is 7.10. The van der Waals surface area contributed by atoms with E-state index in [1.807, 2.05) is 13.8 Å². The molecule has 1 amide bonds. The molecule has 3 heteroatoms. The van der Waals surface area contributed by atoms with E-state index in [1.165, 1.54) is 6.08 Å². The molecule has 0 aromatic heterocycles. The molecule has 0 aliphatic rings. The molecule has 14 heavy (non-hydrogen) atoms. The second-order valence-electron chi connectivity index (χ2n) is 3.09. The molecule has 0 radical (unpaired) electrons. The lowest BCUT2D eigenvalue weighted by molar-refractivity contribution is -0.111. The predicted octanol–water partition coefficient (Wildman–Crippen LogP) is 2.13. The summed E-state index contributed by atoms with van der Waals surface area (Å²) in [5.74, 6) is -0.252. The number of carbonyl (C=O) groups is 1. The Kier molecular flexibility index (Phi) is 2.92. The quantitative estimate of drug-likeness (QED) is 0.555. The van der Waals surface area contributed by atoms with E-state index < -0.39 is 0 Å². The Hall–Kier alpha value is -1.77. The first kappa shape index (κ1) is 10.3. The number of carbonyl (C=O) groups excluding carboxylic acids is 1. The maximum Gasteiger partial charge on any atom is 0.247 e. The summed E-state index contributed by atoms with van der Waals surface area (Å²) >= 11 is 0. The maximum absolute atomic E-state index is 11.1. The molecule has 0 fully saturated rings. The molecular formula is C11H13NO2. The average Bonchev–Trinajstić information content (AvgIpc) is 2.18. The molecule has 74 valence electrons. The molecular weight excluding hydrogens is 178 g/mol. The predicted molar refractivity (Wildman–Crippen MR) is 56.4 cm³/mol. The molecule has 0 saturated carbocycles. The number of amides is 1. The van der Waals surface area contributed by atoms with Crippen molar-refractivity contribution >= 4 is 11.6 Å². The fourth-order valence-corrected chi connectivity index (χ4v) is 1.13. The van der Waals surface area contributed by atoms with Crippen LogP contribution in [-0.4, -0.2) is 11.0 Å². The zero-order chi connectivity index (χ0) is 10.7. The number of anilines is 1. The van der Waals surface area contributed by atoms with E-state index in [-0.39, 0.29) is 11.7 Å². The molecule has 0 atom stereocenters. The monoisotopic (exact) mass is 191 g/mol. The van der Waals surface area contributed by atoms with Crippen molar-refractivity contribution in [2.75, 3.05) is 5.32 Å². The minimum Gasteiger partial charge on any atom is -0.506 e. The Bertz CT molecular complexity index is 383. The number of aromatic hydroxyl groups is 1. The Balaban J connectivity index is 3.12. The van der Waals surface area contributed by atoms with Gasteiger partial charge in [0.1, 0.15) is 5.75 Å². The van der Waals surface area contributed by atoms with Gasteiger partial charge in [-0.1, -0.05) is 12.6 Å². The lowest BCUT2D eigenvalue weighted by Gasteiger charge is -2.10. The second-order valence-corrected chi connectivity index (χ2v) is 3.09. The molecule has 0 saturated heterocycles. The van der Waals surface area contributed by atoms with Crippen LogP contribution >= 0.6 is 0 Å². The van der Waals surface area contributed by atoms with Crippen molar-refractivity contribution < 1.29 is 9.90 Å². The van der Waals surface area contributed by atoms with Crippen LogP contribution in [0.25, 0.3) is 0 Å². The largest absolute Gasteiger partial charge is 0.506 e. The molecule has 0 bridgehead atoms. The highest BCUT2D eigenvalue weighted by Gasteiger charge is 2.08. The highest BCUT2D eigenvalue weighted by Crippen LogP contribution is 2.28. The summed E-state index contributed by atoms with van der Waals surface area (Å²) in [5, 5.41) is 12.1. The van der Waals surface area contributed by atoms with E-state index in [1.54, 1.807) is 12.1 Å². The first-order valence-corrected chi connectivity index (χ1v) is 4.29. The van der Waals surface area contributed by atoms with Crippen LogP contribution in [0.5, 0.6) is 5.75 Å². The number of hydrogen-bond donors (Lipinski definition) is 2. The highest BCUT2D eigenvalue weighted by molar-refractivity contribution is 6.00. The summed E-state index contributed by atoms with van der Waals surface area (Å²) < 4.78 is 0. The van der Waals surface area contributed by atoms with Gasteiger partial charge in [-0.15, -0.1) is 0 Å². The number of phenols is 1. The number of phenolic OH excluding ortho intramolecular Hbond substituents is 1. The molecule has 0 spiro atoms. The minimum absolute atomic E-state index is 0.0725. The van der Waals surface area contributed by atoms with Crippen LogP contribution < -0.4 is 5.32 Å². The van der Waals surface area contributed by atoms with E-state index >= 15 is 0 Å². The summed E-state index contributed by atoms with van der Waals surface area (Å²) in [7, 11) is 0. The standard InChI is InChI=1S/C11H13NO2/c1-4-10(14)12-11-8(3)7(2)5-6-9(11)13/h4-6,13H,1H2,2-3H3,(H,12,14). The van der Waals surface area contributed by atoms with E-state index in [0.29, 0.717) is 5.69 Å². The molecule has 1 aromatic rings. The second kappa shape index (κ2) is 3.96. The smallest absolute Gasteiger partial charge is 0.247 e. The van der Waals surface area contributed by atoms with Crippen molar-refractivity contribution in [1.29, 1.82) is 0 Å². The number of rotatable bonds is 2. The van der Waals surface area contributed by atoms with Crippen LogP contribution in [0.2, 0.25) is 0 Å². The third-order valence-corrected chi connectivity index (χ3v) is 2.15. The average molecular weight is 191 g/mol. The summed E-state index contributed by atoms with van der Waals surface area (Å²) in [6.07, 6.45) is 1.17. The van der Waals surface area contributed by atoms with Crippen molar-refractivity contribution in [1.82, 2.24) is 0 Å². The molecule has 0 aliphatic carbocycles. The first-order valence-electron chi connectivity index (χ1n) is 4.29. The molecule has 1 rings (SSSR count). The van der Waals surface area contributed by atoms with Gasteiger partial charge < -0.3 is 10.4 Å². The van der Waals surface area contributed by atoms with E-state index in [0.717, 1.165) is 11.1 Å². The van der Waals surface area contributed by atoms with Gasteiger partial charge in [-0.2, -0.15) is 0 Å². The van der Waals surface area contributed by atoms with Crippen LogP contribution in [0.15, 0.2) is 24.8 Å². The number of benzene rings is 1. The van der Waals surface area contributed by atoms with Crippen LogP contribution in [-0.2, 0) is 4.79 Å². The van der Waals surface area contributed by atoms with Crippen molar-refractivity contribution in [3.63, 3.8) is 0 Å². The lowest BCUT2D eigenvalue weighted by Crippen LogP contribution is -2.09. The molecule has 1 aromatic carbocycles. The summed E-state index contributed by atoms with van der Waals surface area (Å²) in [5.41, 5.74) is 2.33. The van der Waals surface area contributed by atoms with Crippen molar-refractivity contribution in [2.24, 2.45) is 0 Å². The van der Waals surface area contributed by atoms with Gasteiger partial charge in [0.2, 0.25) is 5.91 Å². The Labute approximate surface area is 83.1 Å². The van der Waals surface area contributed by atoms with Crippen molar-refractivity contribution in [2.45, 2.75) is 13.8 Å². The topological polar surface area (TPSA) is 49.3 Å². The first-order chi connectivity index (χ1) is 6.56. The van der Waals surface area contributed by atoms with Crippen LogP contribution in [0.3, 0.4) is 0 Å². The number of aryl methyl sites for hydroxylation is 1.